The van der Waals surface area contributed by atoms with Crippen LogP contribution in [0.25, 0.3) is 0 Å². The fraction of sp³-hybridized carbons (Fsp3) is 1.00. The Morgan fingerprint density at radius 1 is 1.64 bits per heavy atom. The van der Waals surface area contributed by atoms with Crippen LogP contribution in [-0.2, 0) is 4.74 Å². The summed E-state index contributed by atoms with van der Waals surface area (Å²) >= 11 is 2.09. The van der Waals surface area contributed by atoms with Gasteiger partial charge in [0.1, 0.15) is 0 Å². The average Bonchev–Trinajstić information content (AvgIpc) is 2.71. The summed E-state index contributed by atoms with van der Waals surface area (Å²) in [6, 6.07) is 0. The molecule has 3 heteroatoms. The second-order valence-corrected chi connectivity index (χ2v) is 4.94. The summed E-state index contributed by atoms with van der Waals surface area (Å²) in [6.45, 7) is 6.99. The van der Waals surface area contributed by atoms with Crippen molar-refractivity contribution in [2.24, 2.45) is 0 Å². The van der Waals surface area contributed by atoms with E-state index in [9.17, 15) is 0 Å². The molecule has 2 fully saturated rings. The SMILES string of the molecule is CC1CN(CC2CO2)CCS1. The third kappa shape index (κ3) is 2.36. The summed E-state index contributed by atoms with van der Waals surface area (Å²) in [7, 11) is 0. The van der Waals surface area contributed by atoms with Crippen molar-refractivity contribution in [3.05, 3.63) is 0 Å². The summed E-state index contributed by atoms with van der Waals surface area (Å²) in [5.41, 5.74) is 0. The minimum absolute atomic E-state index is 0.574. The topological polar surface area (TPSA) is 15.8 Å². The molecule has 0 N–H and O–H groups in total. The van der Waals surface area contributed by atoms with Gasteiger partial charge in [-0.05, 0) is 0 Å². The number of hydrogen-bond acceptors (Lipinski definition) is 3. The van der Waals surface area contributed by atoms with Crippen LogP contribution in [0.3, 0.4) is 0 Å². The van der Waals surface area contributed by atoms with Crippen molar-refractivity contribution in [3.63, 3.8) is 0 Å². The molecule has 0 aromatic rings. The lowest BCUT2D eigenvalue weighted by Gasteiger charge is -2.29. The predicted molar refractivity (Wildman–Crippen MR) is 48.1 cm³/mol. The van der Waals surface area contributed by atoms with E-state index in [4.69, 9.17) is 4.74 Å². The van der Waals surface area contributed by atoms with Gasteiger partial charge in [0, 0.05) is 30.6 Å². The molecule has 0 spiro atoms. The van der Waals surface area contributed by atoms with Crippen molar-refractivity contribution < 1.29 is 4.74 Å². The zero-order valence-corrected chi connectivity index (χ0v) is 7.77. The molecule has 0 aromatic heterocycles. The highest BCUT2D eigenvalue weighted by Crippen LogP contribution is 2.20. The van der Waals surface area contributed by atoms with Crippen LogP contribution >= 0.6 is 11.8 Å². The van der Waals surface area contributed by atoms with E-state index >= 15 is 0 Å². The normalized spacial score (nSPS) is 39.0. The molecule has 2 saturated heterocycles. The standard InChI is InChI=1S/C8H15NOS/c1-7-4-9(2-3-11-7)5-8-6-10-8/h7-8H,2-6H2,1H3. The first kappa shape index (κ1) is 7.90. The number of epoxide rings is 1. The number of hydrogen-bond donors (Lipinski definition) is 0. The first-order valence-electron chi connectivity index (χ1n) is 4.30. The Labute approximate surface area is 72.3 Å². The van der Waals surface area contributed by atoms with Crippen molar-refractivity contribution in [2.45, 2.75) is 18.3 Å². The molecule has 11 heavy (non-hydrogen) atoms. The number of nitrogens with zero attached hydrogens (tertiary/aromatic N) is 1. The molecule has 2 heterocycles. The van der Waals surface area contributed by atoms with E-state index in [1.807, 2.05) is 0 Å². The lowest BCUT2D eigenvalue weighted by Crippen LogP contribution is -2.38. The van der Waals surface area contributed by atoms with Gasteiger partial charge < -0.3 is 4.74 Å². The van der Waals surface area contributed by atoms with Gasteiger partial charge in [0.05, 0.1) is 12.7 Å². The third-order valence-corrected chi connectivity index (χ3v) is 3.33. The predicted octanol–water partition coefficient (Wildman–Crippen LogP) is 0.823. The highest BCUT2D eigenvalue weighted by atomic mass is 32.2. The monoisotopic (exact) mass is 173 g/mol. The molecule has 0 aliphatic carbocycles. The van der Waals surface area contributed by atoms with E-state index in [0.717, 1.165) is 11.9 Å². The van der Waals surface area contributed by atoms with E-state index < -0.39 is 0 Å². The summed E-state index contributed by atoms with van der Waals surface area (Å²) in [4.78, 5) is 2.53. The largest absolute Gasteiger partial charge is 0.372 e. The highest BCUT2D eigenvalue weighted by Gasteiger charge is 2.27. The number of rotatable bonds is 2. The molecule has 2 rings (SSSR count). The van der Waals surface area contributed by atoms with Crippen LogP contribution in [0.2, 0.25) is 0 Å². The smallest absolute Gasteiger partial charge is 0.0936 e. The van der Waals surface area contributed by atoms with Crippen molar-refractivity contribution in [2.75, 3.05) is 32.0 Å². The quantitative estimate of drug-likeness (QED) is 0.575. The number of thioether (sulfide) groups is 1. The van der Waals surface area contributed by atoms with Gasteiger partial charge in [-0.2, -0.15) is 11.8 Å². The lowest BCUT2D eigenvalue weighted by atomic mass is 10.3. The second kappa shape index (κ2) is 3.33. The average molecular weight is 173 g/mol. The van der Waals surface area contributed by atoms with Crippen LogP contribution < -0.4 is 0 Å². The minimum Gasteiger partial charge on any atom is -0.372 e. The van der Waals surface area contributed by atoms with Crippen LogP contribution in [0.4, 0.5) is 0 Å². The molecule has 2 atom stereocenters. The van der Waals surface area contributed by atoms with Crippen molar-refractivity contribution in [1.29, 1.82) is 0 Å². The molecule has 0 radical (unpaired) electrons. The van der Waals surface area contributed by atoms with E-state index in [-0.39, 0.29) is 0 Å². The van der Waals surface area contributed by atoms with Crippen LogP contribution in [0, 0.1) is 0 Å². The van der Waals surface area contributed by atoms with Gasteiger partial charge >= 0.3 is 0 Å². The molecular weight excluding hydrogens is 158 g/mol. The van der Waals surface area contributed by atoms with Gasteiger partial charge in [0.2, 0.25) is 0 Å². The van der Waals surface area contributed by atoms with Gasteiger partial charge in [-0.25, -0.2) is 0 Å². The Balaban J connectivity index is 1.73. The number of ether oxygens (including phenoxy) is 1. The Hall–Kier alpha value is 0.270. The maximum atomic E-state index is 5.20. The summed E-state index contributed by atoms with van der Waals surface area (Å²) in [5.74, 6) is 1.30. The lowest BCUT2D eigenvalue weighted by molar-refractivity contribution is 0.251. The first-order chi connectivity index (χ1) is 5.34. The maximum absolute atomic E-state index is 5.20. The second-order valence-electron chi connectivity index (χ2n) is 3.40. The zero-order valence-electron chi connectivity index (χ0n) is 6.95. The molecule has 0 saturated carbocycles. The van der Waals surface area contributed by atoms with Crippen molar-refractivity contribution in [1.82, 2.24) is 4.90 Å². The third-order valence-electron chi connectivity index (χ3n) is 2.19. The first-order valence-corrected chi connectivity index (χ1v) is 5.35. The van der Waals surface area contributed by atoms with Gasteiger partial charge in [-0.3, -0.25) is 4.90 Å². The Kier molecular flexibility index (Phi) is 2.39. The molecule has 64 valence electrons. The fourth-order valence-electron chi connectivity index (χ4n) is 1.52. The van der Waals surface area contributed by atoms with E-state index in [0.29, 0.717) is 6.10 Å². The van der Waals surface area contributed by atoms with Gasteiger partial charge in [0.15, 0.2) is 0 Å². The zero-order chi connectivity index (χ0) is 7.68. The summed E-state index contributed by atoms with van der Waals surface area (Å²) in [6.07, 6.45) is 0.574. The Bertz CT molecular complexity index is 136. The molecule has 2 unspecified atom stereocenters. The van der Waals surface area contributed by atoms with Gasteiger partial charge in [-0.1, -0.05) is 6.92 Å². The van der Waals surface area contributed by atoms with Crippen LogP contribution in [0.1, 0.15) is 6.92 Å². The fourth-order valence-corrected chi connectivity index (χ4v) is 2.60. The van der Waals surface area contributed by atoms with Crippen molar-refractivity contribution >= 4 is 11.8 Å². The van der Waals surface area contributed by atoms with Crippen LogP contribution in [0.5, 0.6) is 0 Å². The molecular formula is C8H15NOS. The van der Waals surface area contributed by atoms with Gasteiger partial charge in [0.25, 0.3) is 0 Å². The highest BCUT2D eigenvalue weighted by molar-refractivity contribution is 7.99. The molecule has 0 amide bonds. The summed E-state index contributed by atoms with van der Waals surface area (Å²) < 4.78 is 5.20. The van der Waals surface area contributed by atoms with Gasteiger partial charge in [-0.15, -0.1) is 0 Å². The molecule has 0 aromatic carbocycles. The minimum atomic E-state index is 0.574. The summed E-state index contributed by atoms with van der Waals surface area (Å²) in [5, 5.41) is 0.822. The van der Waals surface area contributed by atoms with E-state index in [2.05, 4.69) is 23.6 Å². The molecule has 2 aliphatic heterocycles. The molecule has 2 nitrogen and oxygen atoms in total. The van der Waals surface area contributed by atoms with E-state index in [1.165, 1.54) is 25.4 Å². The van der Waals surface area contributed by atoms with Crippen molar-refractivity contribution in [3.8, 4) is 0 Å². The maximum Gasteiger partial charge on any atom is 0.0936 e. The van der Waals surface area contributed by atoms with Crippen LogP contribution in [-0.4, -0.2) is 48.2 Å². The molecule has 2 aliphatic rings. The molecule has 0 bridgehead atoms. The Morgan fingerprint density at radius 3 is 3.09 bits per heavy atom. The Morgan fingerprint density at radius 2 is 2.45 bits per heavy atom. The van der Waals surface area contributed by atoms with E-state index in [1.54, 1.807) is 0 Å². The van der Waals surface area contributed by atoms with Crippen LogP contribution in [0.15, 0.2) is 0 Å².